The Labute approximate surface area is 190 Å². The highest BCUT2D eigenvalue weighted by Crippen LogP contribution is 2.49. The highest BCUT2D eigenvalue weighted by atomic mass is 16.9. The Morgan fingerprint density at radius 2 is 1.73 bits per heavy atom. The molecule has 0 aromatic heterocycles. The summed E-state index contributed by atoms with van der Waals surface area (Å²) in [6.45, 7) is 0.00294. The van der Waals surface area contributed by atoms with E-state index in [9.17, 15) is 24.9 Å². The average Bonchev–Trinajstić information content (AvgIpc) is 3.13. The average molecular weight is 458 g/mol. The topological polar surface area (TPSA) is 132 Å². The number of benzene rings is 2. The van der Waals surface area contributed by atoms with Crippen LogP contribution >= 0.6 is 0 Å². The fraction of sp³-hybridized carbons (Fsp3) is 0.417. The molecule has 0 saturated heterocycles. The fourth-order valence-electron chi connectivity index (χ4n) is 4.50. The van der Waals surface area contributed by atoms with Crippen molar-refractivity contribution in [3.05, 3.63) is 41.5 Å². The van der Waals surface area contributed by atoms with Crippen LogP contribution in [-0.2, 0) is 16.0 Å². The zero-order valence-electron chi connectivity index (χ0n) is 18.4. The third kappa shape index (κ3) is 4.27. The van der Waals surface area contributed by atoms with Crippen molar-refractivity contribution in [3.8, 4) is 28.4 Å². The van der Waals surface area contributed by atoms with Crippen molar-refractivity contribution in [3.63, 3.8) is 0 Å². The predicted molar refractivity (Wildman–Crippen MR) is 115 cm³/mol. The maximum Gasteiger partial charge on any atom is 0.453 e. The van der Waals surface area contributed by atoms with Gasteiger partial charge in [-0.1, -0.05) is 24.6 Å². The van der Waals surface area contributed by atoms with E-state index in [1.807, 2.05) is 6.07 Å². The number of esters is 1. The number of ketones is 1. The molecule has 0 unspecified atom stereocenters. The standard InChI is InChI=1S/C24H26O9/c1-30-21-19(33-24(27,28)29)10-8-17(14-5-3-6-16-15(14)7-9-18(16)25)20(21)32-13-23(11-4-12-23)22(26)31-2/h3,5-6,8,10,27-29H,4,7,9,11-13H2,1-2H3. The van der Waals surface area contributed by atoms with E-state index in [-0.39, 0.29) is 35.6 Å². The Kier molecular flexibility index (Phi) is 6.04. The van der Waals surface area contributed by atoms with Gasteiger partial charge in [0.05, 0.1) is 14.2 Å². The Bertz CT molecular complexity index is 1080. The SMILES string of the molecule is COC(=O)C1(COc2c(-c3cccc4c3CCC4=O)ccc(OC(O)(O)O)c2OC)CCC1. The smallest absolute Gasteiger partial charge is 0.453 e. The number of rotatable bonds is 8. The van der Waals surface area contributed by atoms with Crippen LogP contribution in [0.4, 0.5) is 0 Å². The van der Waals surface area contributed by atoms with Gasteiger partial charge >= 0.3 is 12.1 Å². The molecule has 2 aliphatic rings. The molecule has 0 aliphatic heterocycles. The number of ether oxygens (including phenoxy) is 4. The van der Waals surface area contributed by atoms with Crippen LogP contribution in [0.1, 0.15) is 41.6 Å². The van der Waals surface area contributed by atoms with E-state index in [2.05, 4.69) is 0 Å². The molecule has 0 spiro atoms. The largest absolute Gasteiger partial charge is 0.490 e. The normalized spacial score (nSPS) is 16.6. The minimum absolute atomic E-state index is 0.00294. The van der Waals surface area contributed by atoms with Crippen LogP contribution in [0.5, 0.6) is 17.2 Å². The fourth-order valence-corrected chi connectivity index (χ4v) is 4.50. The van der Waals surface area contributed by atoms with E-state index in [4.69, 9.17) is 18.9 Å². The van der Waals surface area contributed by atoms with Crippen LogP contribution in [0.25, 0.3) is 11.1 Å². The van der Waals surface area contributed by atoms with Gasteiger partial charge in [-0.05, 0) is 42.5 Å². The molecule has 176 valence electrons. The number of hydrogen-bond donors (Lipinski definition) is 3. The summed E-state index contributed by atoms with van der Waals surface area (Å²) in [4.78, 5) is 24.7. The van der Waals surface area contributed by atoms with E-state index in [1.165, 1.54) is 20.3 Å². The summed E-state index contributed by atoms with van der Waals surface area (Å²) in [5.41, 5.74) is 2.04. The zero-order valence-corrected chi connectivity index (χ0v) is 18.4. The summed E-state index contributed by atoms with van der Waals surface area (Å²) in [6.07, 6.45) is -0.376. The number of hydrogen-bond acceptors (Lipinski definition) is 9. The molecule has 3 N–H and O–H groups in total. The Hall–Kier alpha value is -3.14. The predicted octanol–water partition coefficient (Wildman–Crippen LogP) is 2.18. The first-order valence-electron chi connectivity index (χ1n) is 10.6. The van der Waals surface area contributed by atoms with Crippen molar-refractivity contribution in [2.45, 2.75) is 38.3 Å². The van der Waals surface area contributed by atoms with Gasteiger partial charge in [0.2, 0.25) is 5.75 Å². The summed E-state index contributed by atoms with van der Waals surface area (Å²) < 4.78 is 21.4. The van der Waals surface area contributed by atoms with Crippen molar-refractivity contribution in [2.75, 3.05) is 20.8 Å². The van der Waals surface area contributed by atoms with Gasteiger partial charge in [-0.25, -0.2) is 0 Å². The van der Waals surface area contributed by atoms with Crippen molar-refractivity contribution >= 4 is 11.8 Å². The third-order valence-electron chi connectivity index (χ3n) is 6.32. The molecule has 0 heterocycles. The van der Waals surface area contributed by atoms with E-state index in [1.54, 1.807) is 18.2 Å². The van der Waals surface area contributed by atoms with Crippen LogP contribution in [-0.4, -0.2) is 54.1 Å². The second-order valence-electron chi connectivity index (χ2n) is 8.32. The Balaban J connectivity index is 1.82. The number of Topliss-reactive ketones (excluding diaryl/α,β-unsaturated/α-hetero) is 1. The van der Waals surface area contributed by atoms with E-state index in [0.717, 1.165) is 17.5 Å². The highest BCUT2D eigenvalue weighted by molar-refractivity contribution is 6.02. The first-order valence-corrected chi connectivity index (χ1v) is 10.6. The molecule has 9 heteroatoms. The number of fused-ring (bicyclic) bond motifs is 1. The number of methoxy groups -OCH3 is 2. The van der Waals surface area contributed by atoms with Gasteiger partial charge in [0, 0.05) is 17.5 Å². The van der Waals surface area contributed by atoms with Crippen LogP contribution in [0.3, 0.4) is 0 Å². The lowest BCUT2D eigenvalue weighted by Gasteiger charge is -2.38. The van der Waals surface area contributed by atoms with Crippen molar-refractivity contribution in [2.24, 2.45) is 5.41 Å². The summed E-state index contributed by atoms with van der Waals surface area (Å²) in [5.74, 6) is -0.315. The molecule has 1 fully saturated rings. The Morgan fingerprint density at radius 1 is 1.00 bits per heavy atom. The first-order chi connectivity index (χ1) is 15.7. The molecule has 33 heavy (non-hydrogen) atoms. The summed E-state index contributed by atoms with van der Waals surface area (Å²) in [6, 6.07) is 8.42. The van der Waals surface area contributed by atoms with E-state index in [0.29, 0.717) is 36.8 Å². The lowest BCUT2D eigenvalue weighted by molar-refractivity contribution is -0.419. The molecule has 0 atom stereocenters. The molecule has 9 nitrogen and oxygen atoms in total. The minimum atomic E-state index is -3.44. The zero-order chi connectivity index (χ0) is 23.8. The van der Waals surface area contributed by atoms with Gasteiger partial charge in [-0.15, -0.1) is 0 Å². The van der Waals surface area contributed by atoms with Crippen LogP contribution in [0, 0.1) is 5.41 Å². The maximum atomic E-state index is 12.4. The second kappa shape index (κ2) is 8.66. The van der Waals surface area contributed by atoms with Gasteiger partial charge in [0.1, 0.15) is 12.0 Å². The lowest BCUT2D eigenvalue weighted by atomic mass is 9.69. The second-order valence-corrected chi connectivity index (χ2v) is 8.32. The molecule has 2 aromatic carbocycles. The molecule has 0 bridgehead atoms. The Morgan fingerprint density at radius 3 is 2.33 bits per heavy atom. The number of carbonyl (C=O) groups is 2. The van der Waals surface area contributed by atoms with E-state index >= 15 is 0 Å². The van der Waals surface area contributed by atoms with E-state index < -0.39 is 11.6 Å². The van der Waals surface area contributed by atoms with Gasteiger partial charge < -0.3 is 34.3 Å². The first kappa shape index (κ1) is 23.0. The summed E-state index contributed by atoms with van der Waals surface area (Å²) in [7, 11) is 2.67. The van der Waals surface area contributed by atoms with Crippen LogP contribution in [0.2, 0.25) is 0 Å². The molecule has 4 rings (SSSR count). The lowest BCUT2D eigenvalue weighted by Crippen LogP contribution is -2.44. The molecule has 1 saturated carbocycles. The summed E-state index contributed by atoms with van der Waals surface area (Å²) in [5, 5.41) is 28.0. The summed E-state index contributed by atoms with van der Waals surface area (Å²) >= 11 is 0. The third-order valence-corrected chi connectivity index (χ3v) is 6.32. The van der Waals surface area contributed by atoms with Crippen LogP contribution < -0.4 is 14.2 Å². The molecule has 2 aliphatic carbocycles. The monoisotopic (exact) mass is 458 g/mol. The quantitative estimate of drug-likeness (QED) is 0.402. The van der Waals surface area contributed by atoms with Gasteiger partial charge in [0.25, 0.3) is 0 Å². The molecular formula is C24H26O9. The maximum absolute atomic E-state index is 12.4. The highest BCUT2D eigenvalue weighted by Gasteiger charge is 2.46. The molecular weight excluding hydrogens is 432 g/mol. The molecule has 0 amide bonds. The van der Waals surface area contributed by atoms with Gasteiger partial charge in [-0.2, -0.15) is 0 Å². The number of carbonyl (C=O) groups excluding carboxylic acids is 2. The van der Waals surface area contributed by atoms with Gasteiger partial charge in [0.15, 0.2) is 17.3 Å². The molecule has 0 radical (unpaired) electrons. The van der Waals surface area contributed by atoms with Gasteiger partial charge in [-0.3, -0.25) is 9.59 Å². The van der Waals surface area contributed by atoms with Crippen molar-refractivity contribution in [1.82, 2.24) is 0 Å². The molecule has 2 aromatic rings. The van der Waals surface area contributed by atoms with Crippen molar-refractivity contribution in [1.29, 1.82) is 0 Å². The van der Waals surface area contributed by atoms with Crippen molar-refractivity contribution < 1.29 is 43.9 Å². The number of aliphatic hydroxyl groups is 3. The van der Waals surface area contributed by atoms with Crippen LogP contribution in [0.15, 0.2) is 30.3 Å². The minimum Gasteiger partial charge on any atom is -0.490 e.